The van der Waals surface area contributed by atoms with E-state index in [4.69, 9.17) is 28.2 Å². The summed E-state index contributed by atoms with van der Waals surface area (Å²) >= 11 is 12.5. The minimum Gasteiger partial charge on any atom is -0.267 e. The van der Waals surface area contributed by atoms with E-state index in [1.807, 2.05) is 67.6 Å². The number of benzene rings is 2. The number of amides is 1. The molecule has 0 saturated carbocycles. The number of carbonyl (C=O) groups is 1. The van der Waals surface area contributed by atoms with Gasteiger partial charge < -0.3 is 0 Å². The van der Waals surface area contributed by atoms with Crippen molar-refractivity contribution in [3.8, 4) is 11.3 Å². The van der Waals surface area contributed by atoms with Crippen molar-refractivity contribution < 1.29 is 4.79 Å². The minimum atomic E-state index is -0.359. The molecule has 0 aliphatic rings. The molecule has 0 fully saturated rings. The molecule has 0 aliphatic heterocycles. The van der Waals surface area contributed by atoms with Gasteiger partial charge in [0.05, 0.1) is 40.8 Å². The minimum absolute atomic E-state index is 0.359. The molecule has 3 heterocycles. The highest BCUT2D eigenvalue weighted by Gasteiger charge is 2.15. The number of hydrogen-bond acceptors (Lipinski definition) is 5. The molecule has 7 nitrogen and oxygen atoms in total. The number of nitrogens with one attached hydrogen (secondary N) is 1. The molecule has 0 aliphatic carbocycles. The highest BCUT2D eigenvalue weighted by Crippen LogP contribution is 2.25. The highest BCUT2D eigenvalue weighted by molar-refractivity contribution is 6.32. The first-order chi connectivity index (χ1) is 17.5. The Bertz CT molecular complexity index is 1580. The summed E-state index contributed by atoms with van der Waals surface area (Å²) in [5.74, 6) is -0.359. The summed E-state index contributed by atoms with van der Waals surface area (Å²) in [7, 11) is 0. The van der Waals surface area contributed by atoms with Crippen LogP contribution >= 0.6 is 23.2 Å². The van der Waals surface area contributed by atoms with Gasteiger partial charge in [0.25, 0.3) is 5.91 Å². The lowest BCUT2D eigenvalue weighted by atomic mass is 10.0. The number of aryl methyl sites for hydroxylation is 1. The second-order valence-corrected chi connectivity index (χ2v) is 8.88. The van der Waals surface area contributed by atoms with Gasteiger partial charge in [-0.15, -0.1) is 0 Å². The van der Waals surface area contributed by atoms with E-state index in [1.165, 1.54) is 6.21 Å². The topological polar surface area (TPSA) is 85.1 Å². The number of halogens is 2. The van der Waals surface area contributed by atoms with Gasteiger partial charge in [-0.1, -0.05) is 53.5 Å². The van der Waals surface area contributed by atoms with Crippen molar-refractivity contribution in [3.05, 3.63) is 112 Å². The third-order valence-corrected chi connectivity index (χ3v) is 6.30. The average Bonchev–Trinajstić information content (AvgIpc) is 3.17. The molecule has 0 saturated heterocycles. The fraction of sp³-hybridized carbons (Fsp3) is 0.0741. The number of carbonyl (C=O) groups excluding carboxylic acids is 1. The summed E-state index contributed by atoms with van der Waals surface area (Å²) in [5.41, 5.74) is 7.66. The van der Waals surface area contributed by atoms with Crippen LogP contribution < -0.4 is 5.43 Å². The van der Waals surface area contributed by atoms with Gasteiger partial charge >= 0.3 is 0 Å². The summed E-state index contributed by atoms with van der Waals surface area (Å²) in [6.45, 7) is 2.32. The van der Waals surface area contributed by atoms with Crippen molar-refractivity contribution in [1.82, 2.24) is 25.2 Å². The Hall–Kier alpha value is -4.07. The largest absolute Gasteiger partial charge is 0.272 e. The Morgan fingerprint density at radius 2 is 1.81 bits per heavy atom. The Morgan fingerprint density at radius 3 is 2.58 bits per heavy atom. The lowest BCUT2D eigenvalue weighted by Crippen LogP contribution is -2.18. The Kier molecular flexibility index (Phi) is 6.75. The van der Waals surface area contributed by atoms with Gasteiger partial charge in [-0.2, -0.15) is 10.2 Å². The Labute approximate surface area is 217 Å². The van der Waals surface area contributed by atoms with Crippen molar-refractivity contribution >= 4 is 46.2 Å². The zero-order valence-electron chi connectivity index (χ0n) is 19.2. The number of fused-ring (bicyclic) bond motifs is 1. The van der Waals surface area contributed by atoms with Gasteiger partial charge in [-0.05, 0) is 48.9 Å². The first kappa shape index (κ1) is 23.7. The third kappa shape index (κ3) is 4.98. The van der Waals surface area contributed by atoms with Crippen LogP contribution in [0.5, 0.6) is 0 Å². The molecule has 1 N–H and O–H groups in total. The Balaban J connectivity index is 1.39. The van der Waals surface area contributed by atoms with Gasteiger partial charge in [0.1, 0.15) is 5.15 Å². The first-order valence-electron chi connectivity index (χ1n) is 11.1. The molecule has 0 radical (unpaired) electrons. The van der Waals surface area contributed by atoms with Crippen molar-refractivity contribution in [2.45, 2.75) is 13.5 Å². The molecule has 9 heteroatoms. The number of rotatable bonds is 6. The molecule has 0 bridgehead atoms. The summed E-state index contributed by atoms with van der Waals surface area (Å²) < 4.78 is 1.68. The van der Waals surface area contributed by atoms with E-state index in [2.05, 4.69) is 20.6 Å². The fourth-order valence-electron chi connectivity index (χ4n) is 3.83. The van der Waals surface area contributed by atoms with E-state index in [1.54, 1.807) is 23.1 Å². The standard InChI is InChI=1S/C27H20Cl2N6O/c1-17-23(26(29)35(34-17)16-18-6-8-20(28)9-7-18)15-31-33-27(36)22-14-25(19-10-12-30-13-11-19)32-24-5-3-2-4-21(22)24/h2-15H,16H2,1H3,(H,33,36). The van der Waals surface area contributed by atoms with Gasteiger partial charge in [0, 0.05) is 28.4 Å². The smallest absolute Gasteiger partial charge is 0.267 e. The van der Waals surface area contributed by atoms with Gasteiger partial charge in [0.15, 0.2) is 0 Å². The van der Waals surface area contributed by atoms with Crippen LogP contribution in [0.15, 0.2) is 84.2 Å². The molecule has 2 aromatic carbocycles. The molecule has 178 valence electrons. The molecular weight excluding hydrogens is 495 g/mol. The van der Waals surface area contributed by atoms with Crippen LogP contribution in [0, 0.1) is 6.92 Å². The maximum Gasteiger partial charge on any atom is 0.272 e. The number of aromatic nitrogens is 4. The monoisotopic (exact) mass is 514 g/mol. The maximum absolute atomic E-state index is 13.1. The summed E-state index contributed by atoms with van der Waals surface area (Å²) in [4.78, 5) is 21.9. The Morgan fingerprint density at radius 1 is 1.06 bits per heavy atom. The van der Waals surface area contributed by atoms with E-state index in [0.717, 1.165) is 16.5 Å². The lowest BCUT2D eigenvalue weighted by Gasteiger charge is -2.09. The molecule has 5 aromatic rings. The molecule has 3 aromatic heterocycles. The van der Waals surface area contributed by atoms with Crippen LogP contribution in [0.4, 0.5) is 0 Å². The molecular formula is C27H20Cl2N6O. The van der Waals surface area contributed by atoms with Gasteiger partial charge in [-0.25, -0.2) is 15.1 Å². The van der Waals surface area contributed by atoms with Crippen molar-refractivity contribution in [2.24, 2.45) is 5.10 Å². The molecule has 1 amide bonds. The quantitative estimate of drug-likeness (QED) is 0.225. The highest BCUT2D eigenvalue weighted by atomic mass is 35.5. The molecule has 0 unspecified atom stereocenters. The SMILES string of the molecule is Cc1nn(Cc2ccc(Cl)cc2)c(Cl)c1C=NNC(=O)c1cc(-c2ccncc2)nc2ccccc12. The summed E-state index contributed by atoms with van der Waals surface area (Å²) in [6.07, 6.45) is 4.89. The predicted molar refractivity (Wildman–Crippen MR) is 143 cm³/mol. The molecule has 5 rings (SSSR count). The van der Waals surface area contributed by atoms with Crippen LogP contribution in [0.3, 0.4) is 0 Å². The molecule has 0 atom stereocenters. The van der Waals surface area contributed by atoms with Gasteiger partial charge in [-0.3, -0.25) is 9.78 Å². The second kappa shape index (κ2) is 10.3. The summed E-state index contributed by atoms with van der Waals surface area (Å²) in [5, 5.41) is 10.5. The van der Waals surface area contributed by atoms with Crippen LogP contribution in [-0.4, -0.2) is 31.9 Å². The van der Waals surface area contributed by atoms with Crippen molar-refractivity contribution in [3.63, 3.8) is 0 Å². The number of pyridine rings is 2. The average molecular weight is 515 g/mol. The normalized spacial score (nSPS) is 11.3. The van der Waals surface area contributed by atoms with E-state index < -0.39 is 0 Å². The zero-order valence-corrected chi connectivity index (χ0v) is 20.7. The number of hydrazone groups is 1. The number of nitrogens with zero attached hydrogens (tertiary/aromatic N) is 5. The van der Waals surface area contributed by atoms with E-state index >= 15 is 0 Å². The zero-order chi connectivity index (χ0) is 25.1. The van der Waals surface area contributed by atoms with Crippen LogP contribution in [0.1, 0.15) is 27.2 Å². The maximum atomic E-state index is 13.1. The van der Waals surface area contributed by atoms with Crippen LogP contribution in [-0.2, 0) is 6.54 Å². The van der Waals surface area contributed by atoms with E-state index in [-0.39, 0.29) is 5.91 Å². The lowest BCUT2D eigenvalue weighted by molar-refractivity contribution is 0.0956. The van der Waals surface area contributed by atoms with Gasteiger partial charge in [0.2, 0.25) is 0 Å². The third-order valence-electron chi connectivity index (χ3n) is 5.65. The summed E-state index contributed by atoms with van der Waals surface area (Å²) in [6, 6.07) is 20.4. The second-order valence-electron chi connectivity index (χ2n) is 8.08. The van der Waals surface area contributed by atoms with E-state index in [9.17, 15) is 4.79 Å². The van der Waals surface area contributed by atoms with Crippen molar-refractivity contribution in [1.29, 1.82) is 0 Å². The number of para-hydroxylation sites is 1. The van der Waals surface area contributed by atoms with Crippen LogP contribution in [0.25, 0.3) is 22.2 Å². The first-order valence-corrected chi connectivity index (χ1v) is 11.9. The van der Waals surface area contributed by atoms with E-state index in [0.29, 0.717) is 44.8 Å². The predicted octanol–water partition coefficient (Wildman–Crippen LogP) is 5.92. The number of hydrogen-bond donors (Lipinski definition) is 1. The van der Waals surface area contributed by atoms with Crippen LogP contribution in [0.2, 0.25) is 10.2 Å². The molecule has 0 spiro atoms. The fourth-order valence-corrected chi connectivity index (χ4v) is 4.24. The molecule has 36 heavy (non-hydrogen) atoms. The van der Waals surface area contributed by atoms with Crippen molar-refractivity contribution in [2.75, 3.05) is 0 Å².